The second-order valence-corrected chi connectivity index (χ2v) is 5.94. The van der Waals surface area contributed by atoms with E-state index in [1.54, 1.807) is 12.1 Å². The maximum absolute atomic E-state index is 10.7. The van der Waals surface area contributed by atoms with Gasteiger partial charge >= 0.3 is 12.1 Å². The van der Waals surface area contributed by atoms with Crippen LogP contribution in [0.5, 0.6) is 0 Å². The van der Waals surface area contributed by atoms with Gasteiger partial charge in [-0.15, -0.1) is 0 Å². The van der Waals surface area contributed by atoms with Crippen molar-refractivity contribution in [1.82, 2.24) is 4.98 Å². The second-order valence-electron chi connectivity index (χ2n) is 5.07. The molecular weight excluding hydrogens is 379 g/mol. The summed E-state index contributed by atoms with van der Waals surface area (Å²) in [7, 11) is 1.83. The molecule has 1 heterocycles. The average Bonchev–Trinajstić information content (AvgIpc) is 2.98. The van der Waals surface area contributed by atoms with E-state index in [2.05, 4.69) is 10.3 Å². The molecule has 0 spiro atoms. The summed E-state index contributed by atoms with van der Waals surface area (Å²) >= 11 is 11.3. The minimum Gasteiger partial charge on any atom is -0.477 e. The van der Waals surface area contributed by atoms with Crippen molar-refractivity contribution in [3.63, 3.8) is 0 Å². The van der Waals surface area contributed by atoms with Crippen molar-refractivity contribution in [1.29, 1.82) is 0 Å². The third kappa shape index (κ3) is 6.61. The number of H-pyrrole nitrogens is 1. The zero-order chi connectivity index (χ0) is 19.7. The van der Waals surface area contributed by atoms with Gasteiger partial charge in [0.05, 0.1) is 0 Å². The van der Waals surface area contributed by atoms with Crippen LogP contribution < -0.4 is 5.32 Å². The number of carbonyl (C=O) groups is 1. The number of halogens is 2. The lowest BCUT2D eigenvalue weighted by molar-refractivity contribution is -0.191. The average molecular weight is 395 g/mol. The monoisotopic (exact) mass is 394 g/mol. The molecule has 136 valence electrons. The smallest absolute Gasteiger partial charge is 0.373 e. The van der Waals surface area contributed by atoms with E-state index in [0.29, 0.717) is 10.0 Å². The summed E-state index contributed by atoms with van der Waals surface area (Å²) in [4.78, 5) is 29.7. The third-order valence-corrected chi connectivity index (χ3v) is 3.58. The number of carboxylic acid groups (broad SMARTS) is 1. The van der Waals surface area contributed by atoms with E-state index in [1.165, 1.54) is 0 Å². The summed E-state index contributed by atoms with van der Waals surface area (Å²) in [6.07, 6.45) is 0.250. The van der Waals surface area contributed by atoms with Gasteiger partial charge in [0.25, 0.3) is 0 Å². The fourth-order valence-corrected chi connectivity index (χ4v) is 2.73. The molecule has 1 aromatic heterocycles. The van der Waals surface area contributed by atoms with Gasteiger partial charge in [-0.25, -0.2) is 4.79 Å². The van der Waals surface area contributed by atoms with Crippen molar-refractivity contribution >= 4 is 51.9 Å². The SMILES string of the molecule is CNc1ccc2[nH]c(C(=O)O)cc2c1.Cc1cc(Cl)cc(Cl)c1.O=C=O. The molecule has 0 saturated heterocycles. The molecule has 2 aromatic carbocycles. The number of aromatic amines is 1. The Hall–Kier alpha value is -2.79. The number of aryl methyl sites for hydroxylation is 1. The topological polar surface area (TPSA) is 99.3 Å². The number of nitrogens with one attached hydrogen (secondary N) is 2. The van der Waals surface area contributed by atoms with E-state index in [4.69, 9.17) is 37.9 Å². The Balaban J connectivity index is 0.000000243. The Morgan fingerprint density at radius 3 is 2.12 bits per heavy atom. The minimum atomic E-state index is -0.938. The molecule has 0 aliphatic heterocycles. The van der Waals surface area contributed by atoms with Crippen molar-refractivity contribution in [2.45, 2.75) is 6.92 Å². The summed E-state index contributed by atoms with van der Waals surface area (Å²) in [5, 5.41) is 14.0. The summed E-state index contributed by atoms with van der Waals surface area (Å²) in [6, 6.07) is 12.7. The van der Waals surface area contributed by atoms with Gasteiger partial charge in [-0.2, -0.15) is 9.59 Å². The highest BCUT2D eigenvalue weighted by Crippen LogP contribution is 2.20. The van der Waals surface area contributed by atoms with Crippen molar-refractivity contribution in [2.24, 2.45) is 0 Å². The van der Waals surface area contributed by atoms with Gasteiger partial charge in [0.2, 0.25) is 0 Å². The van der Waals surface area contributed by atoms with Crippen LogP contribution in [0.25, 0.3) is 10.9 Å². The van der Waals surface area contributed by atoms with Gasteiger partial charge < -0.3 is 15.4 Å². The van der Waals surface area contributed by atoms with E-state index < -0.39 is 5.97 Å². The van der Waals surface area contributed by atoms with Crippen LogP contribution in [0.4, 0.5) is 5.69 Å². The maximum atomic E-state index is 10.7. The Labute approximate surface area is 159 Å². The van der Waals surface area contributed by atoms with Crippen molar-refractivity contribution in [3.8, 4) is 0 Å². The summed E-state index contributed by atoms with van der Waals surface area (Å²) in [5.74, 6) is -0.938. The quantitative estimate of drug-likeness (QED) is 0.588. The number of aromatic carboxylic acids is 1. The predicted octanol–water partition coefficient (Wildman–Crippen LogP) is 4.63. The van der Waals surface area contributed by atoms with Gasteiger partial charge in [-0.3, -0.25) is 0 Å². The first kappa shape index (κ1) is 21.3. The highest BCUT2D eigenvalue weighted by Gasteiger charge is 2.06. The molecule has 0 atom stereocenters. The van der Waals surface area contributed by atoms with E-state index in [0.717, 1.165) is 22.2 Å². The standard InChI is InChI=1S/C10H10N2O2.C7H6Cl2.CO2/c1-11-7-2-3-8-6(4-7)5-9(12-8)10(13)14;1-5-2-6(8)4-7(9)3-5;2-1-3/h2-5,11-12H,1H3,(H,13,14);2-4H,1H3;. The van der Waals surface area contributed by atoms with Crippen LogP contribution in [-0.4, -0.2) is 29.3 Å². The lowest BCUT2D eigenvalue weighted by atomic mass is 10.2. The molecule has 0 aliphatic rings. The van der Waals surface area contributed by atoms with Crippen LogP contribution >= 0.6 is 23.2 Å². The summed E-state index contributed by atoms with van der Waals surface area (Å²) < 4.78 is 0. The van der Waals surface area contributed by atoms with Crippen LogP contribution in [-0.2, 0) is 9.59 Å². The van der Waals surface area contributed by atoms with Crippen LogP contribution in [0.15, 0.2) is 42.5 Å². The Kier molecular flexibility index (Phi) is 8.38. The van der Waals surface area contributed by atoms with Crippen molar-refractivity contribution in [2.75, 3.05) is 12.4 Å². The van der Waals surface area contributed by atoms with E-state index in [-0.39, 0.29) is 11.8 Å². The Morgan fingerprint density at radius 1 is 1.08 bits per heavy atom. The van der Waals surface area contributed by atoms with Crippen LogP contribution in [0.2, 0.25) is 10.0 Å². The molecule has 0 saturated carbocycles. The Bertz CT molecular complexity index is 882. The molecule has 3 rings (SSSR count). The fourth-order valence-electron chi connectivity index (χ4n) is 2.10. The molecule has 0 radical (unpaired) electrons. The normalized spacial score (nSPS) is 9.23. The largest absolute Gasteiger partial charge is 0.477 e. The van der Waals surface area contributed by atoms with E-state index in [9.17, 15) is 4.79 Å². The molecular formula is C18H16Cl2N2O4. The molecule has 6 nitrogen and oxygen atoms in total. The van der Waals surface area contributed by atoms with Gasteiger partial charge in [-0.05, 0) is 55.0 Å². The second kappa shape index (κ2) is 10.3. The van der Waals surface area contributed by atoms with Crippen LogP contribution in [0.1, 0.15) is 16.1 Å². The van der Waals surface area contributed by atoms with Gasteiger partial charge in [-0.1, -0.05) is 23.2 Å². The number of carbonyl (C=O) groups excluding carboxylic acids is 2. The molecule has 3 N–H and O–H groups in total. The first-order valence-corrected chi connectivity index (χ1v) is 8.02. The zero-order valence-corrected chi connectivity index (χ0v) is 15.5. The molecule has 0 amide bonds. The number of anilines is 1. The van der Waals surface area contributed by atoms with E-state index >= 15 is 0 Å². The van der Waals surface area contributed by atoms with Crippen LogP contribution in [0, 0.1) is 6.92 Å². The molecule has 0 fully saturated rings. The minimum absolute atomic E-state index is 0.216. The summed E-state index contributed by atoms with van der Waals surface area (Å²) in [5.41, 5.74) is 3.11. The summed E-state index contributed by atoms with van der Waals surface area (Å²) in [6.45, 7) is 1.96. The van der Waals surface area contributed by atoms with Gasteiger partial charge in [0.15, 0.2) is 0 Å². The molecule has 0 aliphatic carbocycles. The van der Waals surface area contributed by atoms with E-state index in [1.807, 2.05) is 44.3 Å². The highest BCUT2D eigenvalue weighted by atomic mass is 35.5. The van der Waals surface area contributed by atoms with Gasteiger partial charge in [0.1, 0.15) is 5.69 Å². The number of hydrogen-bond acceptors (Lipinski definition) is 4. The fraction of sp³-hybridized carbons (Fsp3) is 0.111. The zero-order valence-electron chi connectivity index (χ0n) is 14.0. The first-order valence-electron chi connectivity index (χ1n) is 7.26. The molecule has 8 heteroatoms. The first-order chi connectivity index (χ1) is 12.3. The third-order valence-electron chi connectivity index (χ3n) is 3.15. The number of carboxylic acids is 1. The highest BCUT2D eigenvalue weighted by molar-refractivity contribution is 6.34. The van der Waals surface area contributed by atoms with Crippen molar-refractivity contribution < 1.29 is 19.5 Å². The number of aromatic nitrogens is 1. The lowest BCUT2D eigenvalue weighted by Crippen LogP contribution is -1.94. The van der Waals surface area contributed by atoms with Crippen LogP contribution in [0.3, 0.4) is 0 Å². The molecule has 0 unspecified atom stereocenters. The molecule has 26 heavy (non-hydrogen) atoms. The van der Waals surface area contributed by atoms with Crippen molar-refractivity contribution in [3.05, 3.63) is 63.8 Å². The van der Waals surface area contributed by atoms with Gasteiger partial charge in [0, 0.05) is 33.7 Å². The Morgan fingerprint density at radius 2 is 1.65 bits per heavy atom. The maximum Gasteiger partial charge on any atom is 0.373 e. The lowest BCUT2D eigenvalue weighted by Gasteiger charge is -1.97. The number of rotatable bonds is 2. The predicted molar refractivity (Wildman–Crippen MR) is 101 cm³/mol. The molecule has 3 aromatic rings. The molecule has 0 bridgehead atoms. The number of fused-ring (bicyclic) bond motifs is 1. The number of benzene rings is 2. The number of hydrogen-bond donors (Lipinski definition) is 3.